The molecule has 0 bridgehead atoms. The Labute approximate surface area is 184 Å². The zero-order valence-corrected chi connectivity index (χ0v) is 20.6. The van der Waals surface area contributed by atoms with E-state index in [1.54, 1.807) is 5.57 Å². The van der Waals surface area contributed by atoms with Crippen LogP contribution in [-0.4, -0.2) is 32.5 Å². The second-order valence-electron chi connectivity index (χ2n) is 8.70. The number of esters is 1. The van der Waals surface area contributed by atoms with Gasteiger partial charge in [0.15, 0.2) is 0 Å². The van der Waals surface area contributed by atoms with Crippen LogP contribution in [0.15, 0.2) is 11.6 Å². The first kappa shape index (κ1) is 27.4. The maximum absolute atomic E-state index is 11.9. The lowest BCUT2D eigenvalue weighted by Gasteiger charge is -2.09. The van der Waals surface area contributed by atoms with E-state index in [1.165, 1.54) is 77.7 Å². The van der Waals surface area contributed by atoms with Crippen molar-refractivity contribution in [3.63, 3.8) is 0 Å². The molecule has 0 spiro atoms. The molecule has 1 heterocycles. The number of hydrogen-bond donors (Lipinski definition) is 0. The van der Waals surface area contributed by atoms with Gasteiger partial charge >= 0.3 is 13.6 Å². The smallest absolute Gasteiger partial charge is 0.330 e. The highest BCUT2D eigenvalue weighted by Gasteiger charge is 2.36. The number of allylic oxidation sites excluding steroid dienone is 2. The largest absolute Gasteiger partial charge is 0.465 e. The number of hydrogen-bond acceptors (Lipinski definition) is 5. The lowest BCUT2D eigenvalue weighted by Crippen LogP contribution is -2.16. The monoisotopic (exact) mass is 444 g/mol. The molecule has 0 N–H and O–H groups in total. The van der Waals surface area contributed by atoms with Gasteiger partial charge < -0.3 is 13.8 Å². The normalized spacial score (nSPS) is 21.8. The number of rotatable bonds is 18. The summed E-state index contributed by atoms with van der Waals surface area (Å²) >= 11 is 0. The minimum atomic E-state index is -2.92. The summed E-state index contributed by atoms with van der Waals surface area (Å²) in [5.41, 5.74) is 1.54. The maximum Gasteiger partial charge on any atom is 0.330 e. The van der Waals surface area contributed by atoms with Crippen LogP contribution in [0, 0.1) is 5.92 Å². The average Bonchev–Trinajstić information content (AvgIpc) is 3.12. The van der Waals surface area contributed by atoms with Crippen LogP contribution in [0.3, 0.4) is 0 Å². The fourth-order valence-electron chi connectivity index (χ4n) is 3.73. The summed E-state index contributed by atoms with van der Waals surface area (Å²) in [6.45, 7) is 5.14. The Balaban J connectivity index is 1.90. The van der Waals surface area contributed by atoms with Crippen molar-refractivity contribution in [3.05, 3.63) is 11.6 Å². The molecule has 0 aromatic carbocycles. The van der Waals surface area contributed by atoms with Gasteiger partial charge in [0.1, 0.15) is 0 Å². The van der Waals surface area contributed by atoms with Crippen LogP contribution in [0.1, 0.15) is 104 Å². The van der Waals surface area contributed by atoms with Gasteiger partial charge in [-0.05, 0) is 39.0 Å². The van der Waals surface area contributed by atoms with Crippen LogP contribution in [0.4, 0.5) is 0 Å². The molecule has 1 aliphatic heterocycles. The molecule has 1 aliphatic rings. The minimum Gasteiger partial charge on any atom is -0.465 e. The lowest BCUT2D eigenvalue weighted by atomic mass is 10.0. The van der Waals surface area contributed by atoms with Crippen LogP contribution in [0.2, 0.25) is 0 Å². The third-order valence-corrected chi connectivity index (χ3v) is 7.81. The topological polar surface area (TPSA) is 61.8 Å². The summed E-state index contributed by atoms with van der Waals surface area (Å²) in [7, 11) is -1.53. The summed E-state index contributed by atoms with van der Waals surface area (Å²) in [4.78, 5) is 11.8. The third kappa shape index (κ3) is 13.6. The molecule has 0 aliphatic carbocycles. The fourth-order valence-corrected chi connectivity index (χ4v) is 5.37. The summed E-state index contributed by atoms with van der Waals surface area (Å²) < 4.78 is 27.2. The van der Waals surface area contributed by atoms with Gasteiger partial charge in [-0.1, -0.05) is 69.9 Å². The number of carbonyl (C=O) groups is 1. The summed E-state index contributed by atoms with van der Waals surface area (Å²) in [6.07, 6.45) is 19.4. The first-order valence-corrected chi connectivity index (χ1v) is 13.8. The number of carbonyl (C=O) groups excluding carboxylic acids is 1. The Morgan fingerprint density at radius 1 is 1.00 bits per heavy atom. The Hall–Kier alpha value is -0.640. The van der Waals surface area contributed by atoms with Gasteiger partial charge in [-0.25, -0.2) is 0 Å². The Kier molecular flexibility index (Phi) is 15.5. The van der Waals surface area contributed by atoms with Crippen molar-refractivity contribution in [2.24, 2.45) is 5.92 Å². The summed E-state index contributed by atoms with van der Waals surface area (Å²) in [6, 6.07) is 0. The first-order chi connectivity index (χ1) is 14.5. The molecule has 1 rings (SSSR count). The number of unbranched alkanes of at least 4 members (excludes halogenated alkanes) is 10. The molecule has 6 heteroatoms. The molecule has 2 unspecified atom stereocenters. The van der Waals surface area contributed by atoms with E-state index in [4.69, 9.17) is 13.8 Å². The molecule has 0 amide bonds. The van der Waals surface area contributed by atoms with Crippen molar-refractivity contribution in [1.82, 2.24) is 0 Å². The molecule has 0 aromatic rings. The van der Waals surface area contributed by atoms with Crippen LogP contribution in [0.25, 0.3) is 0 Å². The van der Waals surface area contributed by atoms with Gasteiger partial charge in [0.05, 0.1) is 19.4 Å². The van der Waals surface area contributed by atoms with Crippen LogP contribution in [-0.2, 0) is 23.1 Å². The van der Waals surface area contributed by atoms with Crippen molar-refractivity contribution in [1.29, 1.82) is 0 Å². The average molecular weight is 445 g/mol. The van der Waals surface area contributed by atoms with E-state index in [0.717, 1.165) is 12.8 Å². The zero-order chi connectivity index (χ0) is 22.1. The van der Waals surface area contributed by atoms with Gasteiger partial charge in [0.25, 0.3) is 0 Å². The predicted molar refractivity (Wildman–Crippen MR) is 124 cm³/mol. The third-order valence-electron chi connectivity index (χ3n) is 5.75. The van der Waals surface area contributed by atoms with Crippen molar-refractivity contribution >= 4 is 13.6 Å². The molecule has 5 nitrogen and oxygen atoms in total. The highest BCUT2D eigenvalue weighted by Crippen LogP contribution is 2.53. The highest BCUT2D eigenvalue weighted by atomic mass is 31.2. The van der Waals surface area contributed by atoms with Crippen molar-refractivity contribution in [2.75, 3.05) is 26.5 Å². The second-order valence-corrected chi connectivity index (χ2v) is 10.9. The Morgan fingerprint density at radius 3 is 2.30 bits per heavy atom. The second kappa shape index (κ2) is 17.0. The molecule has 0 saturated carbocycles. The molecule has 0 radical (unpaired) electrons. The van der Waals surface area contributed by atoms with Gasteiger partial charge in [-0.2, -0.15) is 0 Å². The van der Waals surface area contributed by atoms with Crippen LogP contribution >= 0.6 is 7.60 Å². The van der Waals surface area contributed by atoms with Crippen molar-refractivity contribution in [3.8, 4) is 0 Å². The van der Waals surface area contributed by atoms with Gasteiger partial charge in [0.2, 0.25) is 0 Å². The van der Waals surface area contributed by atoms with E-state index >= 15 is 0 Å². The van der Waals surface area contributed by atoms with E-state index in [0.29, 0.717) is 19.2 Å². The number of ether oxygens (including phenoxy) is 1. The standard InChI is InChI=1S/C24H45O5P/c1-4-5-6-7-10-13-16-22(2)17-14-11-8-9-12-15-18-24(25)28-19-23-20-29-30(26,21-23)27-3/h17,23H,4-16,18-21H2,1-3H3/b22-17-. The van der Waals surface area contributed by atoms with E-state index in [2.05, 4.69) is 19.9 Å². The molecule has 30 heavy (non-hydrogen) atoms. The molecular formula is C24H45O5P. The SMILES string of the molecule is CCCCCCCC/C(C)=C\CCCCCCCC(=O)OCC1COP(=O)(OC)C1. The van der Waals surface area contributed by atoms with Crippen LogP contribution < -0.4 is 0 Å². The van der Waals surface area contributed by atoms with Gasteiger partial charge in [0, 0.05) is 19.4 Å². The van der Waals surface area contributed by atoms with Crippen molar-refractivity contribution in [2.45, 2.75) is 104 Å². The van der Waals surface area contributed by atoms with Crippen LogP contribution in [0.5, 0.6) is 0 Å². The van der Waals surface area contributed by atoms with Gasteiger partial charge in [-0.3, -0.25) is 9.36 Å². The molecule has 1 fully saturated rings. The maximum atomic E-state index is 11.9. The first-order valence-electron chi connectivity index (χ1n) is 12.1. The molecule has 0 aromatic heterocycles. The summed E-state index contributed by atoms with van der Waals surface area (Å²) in [5, 5.41) is 0. The van der Waals surface area contributed by atoms with E-state index in [1.807, 2.05) is 0 Å². The quantitative estimate of drug-likeness (QED) is 0.0951. The summed E-state index contributed by atoms with van der Waals surface area (Å²) in [5.74, 6) is -0.181. The Morgan fingerprint density at radius 2 is 1.63 bits per heavy atom. The minimum absolute atomic E-state index is 0.0164. The lowest BCUT2D eigenvalue weighted by molar-refractivity contribution is -0.145. The predicted octanol–water partition coefficient (Wildman–Crippen LogP) is 7.44. The Bertz CT molecular complexity index is 532. The zero-order valence-electron chi connectivity index (χ0n) is 19.7. The fraction of sp³-hybridized carbons (Fsp3) is 0.875. The van der Waals surface area contributed by atoms with Gasteiger partial charge in [-0.15, -0.1) is 0 Å². The molecule has 176 valence electrons. The molecule has 1 saturated heterocycles. The van der Waals surface area contributed by atoms with E-state index < -0.39 is 7.60 Å². The van der Waals surface area contributed by atoms with E-state index in [-0.39, 0.29) is 18.5 Å². The van der Waals surface area contributed by atoms with E-state index in [9.17, 15) is 9.36 Å². The highest BCUT2D eigenvalue weighted by molar-refractivity contribution is 7.54. The van der Waals surface area contributed by atoms with Crippen molar-refractivity contribution < 1.29 is 23.1 Å². The molecular weight excluding hydrogens is 399 g/mol. The molecule has 2 atom stereocenters.